The molecule has 0 N–H and O–H groups in total. The summed E-state index contributed by atoms with van der Waals surface area (Å²) in [5.41, 5.74) is 0.325. The van der Waals surface area contributed by atoms with Gasteiger partial charge in [-0.1, -0.05) is 0 Å². The molecule has 1 fully saturated rings. The van der Waals surface area contributed by atoms with Crippen LogP contribution in [0.1, 0.15) is 23.2 Å². The predicted molar refractivity (Wildman–Crippen MR) is 69.4 cm³/mol. The number of sulfone groups is 1. The van der Waals surface area contributed by atoms with Crippen LogP contribution in [0.4, 0.5) is 0 Å². The van der Waals surface area contributed by atoms with Crippen molar-refractivity contribution < 1.29 is 22.7 Å². The van der Waals surface area contributed by atoms with Gasteiger partial charge in [-0.3, -0.25) is 4.79 Å². The maximum atomic E-state index is 12.6. The van der Waals surface area contributed by atoms with E-state index in [4.69, 9.17) is 9.47 Å². The Morgan fingerprint density at radius 2 is 2.00 bits per heavy atom. The smallest absolute Gasteiger partial charge is 0.185 e. The van der Waals surface area contributed by atoms with E-state index >= 15 is 0 Å². The van der Waals surface area contributed by atoms with Gasteiger partial charge in [-0.05, 0) is 31.0 Å². The lowest BCUT2D eigenvalue weighted by Crippen LogP contribution is -2.29. The highest BCUT2D eigenvalue weighted by molar-refractivity contribution is 7.92. The van der Waals surface area contributed by atoms with Crippen molar-refractivity contribution in [2.45, 2.75) is 23.0 Å². The molecule has 19 heavy (non-hydrogen) atoms. The predicted octanol–water partition coefficient (Wildman–Crippen LogP) is 1.46. The van der Waals surface area contributed by atoms with E-state index in [0.29, 0.717) is 37.9 Å². The zero-order valence-electron chi connectivity index (χ0n) is 10.7. The number of hydrogen-bond donors (Lipinski definition) is 0. The molecule has 0 aliphatic carbocycles. The summed E-state index contributed by atoms with van der Waals surface area (Å²) in [4.78, 5) is 10.9. The molecule has 0 amide bonds. The number of methoxy groups -OCH3 is 1. The second-order valence-corrected chi connectivity index (χ2v) is 6.58. The van der Waals surface area contributed by atoms with Crippen molar-refractivity contribution in [2.24, 2.45) is 0 Å². The molecule has 1 aliphatic rings. The lowest BCUT2D eigenvalue weighted by Gasteiger charge is -2.23. The van der Waals surface area contributed by atoms with E-state index in [0.717, 1.165) is 0 Å². The number of ether oxygens (including phenoxy) is 2. The molecule has 1 heterocycles. The molecule has 5 nitrogen and oxygen atoms in total. The van der Waals surface area contributed by atoms with Gasteiger partial charge in [-0.15, -0.1) is 0 Å². The van der Waals surface area contributed by atoms with E-state index in [1.54, 1.807) is 0 Å². The van der Waals surface area contributed by atoms with Gasteiger partial charge in [0.15, 0.2) is 9.84 Å². The van der Waals surface area contributed by atoms with Gasteiger partial charge in [-0.25, -0.2) is 8.42 Å². The number of carbonyl (C=O) groups excluding carboxylic acids is 1. The molecule has 1 aliphatic heterocycles. The summed E-state index contributed by atoms with van der Waals surface area (Å²) < 4.78 is 35.4. The van der Waals surface area contributed by atoms with E-state index < -0.39 is 15.1 Å². The second kappa shape index (κ2) is 5.71. The topological polar surface area (TPSA) is 69.7 Å². The van der Waals surface area contributed by atoms with Crippen LogP contribution in [0.25, 0.3) is 0 Å². The first-order valence-electron chi connectivity index (χ1n) is 6.04. The quantitative estimate of drug-likeness (QED) is 0.783. The van der Waals surface area contributed by atoms with Crippen LogP contribution in [-0.2, 0) is 14.6 Å². The SMILES string of the molecule is COc1ccc(C=O)cc1S(=O)(=O)C1CCOCC1. The molecule has 0 aromatic heterocycles. The molecule has 0 spiro atoms. The fourth-order valence-corrected chi connectivity index (χ4v) is 4.06. The van der Waals surface area contributed by atoms with Crippen molar-refractivity contribution in [1.82, 2.24) is 0 Å². The molecular weight excluding hydrogens is 268 g/mol. The number of carbonyl (C=O) groups is 1. The van der Waals surface area contributed by atoms with Gasteiger partial charge in [0.05, 0.1) is 12.4 Å². The summed E-state index contributed by atoms with van der Waals surface area (Å²) in [5.74, 6) is 0.275. The monoisotopic (exact) mass is 284 g/mol. The van der Waals surface area contributed by atoms with Crippen molar-refractivity contribution in [3.63, 3.8) is 0 Å². The average Bonchev–Trinajstić information content (AvgIpc) is 2.47. The van der Waals surface area contributed by atoms with Crippen LogP contribution in [0.5, 0.6) is 5.75 Å². The number of rotatable bonds is 4. The summed E-state index contributed by atoms with van der Waals surface area (Å²) in [6, 6.07) is 4.42. The zero-order chi connectivity index (χ0) is 13.9. The highest BCUT2D eigenvalue weighted by Crippen LogP contribution is 2.31. The Morgan fingerprint density at radius 3 is 2.58 bits per heavy atom. The minimum absolute atomic E-state index is 0.0894. The average molecular weight is 284 g/mol. The van der Waals surface area contributed by atoms with Gasteiger partial charge in [0.2, 0.25) is 0 Å². The molecule has 0 radical (unpaired) electrons. The Morgan fingerprint density at radius 1 is 1.32 bits per heavy atom. The molecule has 0 atom stereocenters. The van der Waals surface area contributed by atoms with Gasteiger partial charge in [0.1, 0.15) is 16.9 Å². The van der Waals surface area contributed by atoms with Crippen molar-refractivity contribution >= 4 is 16.1 Å². The van der Waals surface area contributed by atoms with E-state index in [-0.39, 0.29) is 10.6 Å². The Labute approximate surface area is 112 Å². The first kappa shape index (κ1) is 14.0. The lowest BCUT2D eigenvalue weighted by atomic mass is 10.2. The molecular formula is C13H16O5S. The van der Waals surface area contributed by atoms with Gasteiger partial charge >= 0.3 is 0 Å². The first-order chi connectivity index (χ1) is 9.09. The molecule has 2 rings (SSSR count). The maximum absolute atomic E-state index is 12.6. The second-order valence-electron chi connectivity index (χ2n) is 4.38. The molecule has 0 saturated carbocycles. The van der Waals surface area contributed by atoms with Crippen LogP contribution in [-0.4, -0.2) is 40.3 Å². The summed E-state index contributed by atoms with van der Waals surface area (Å²) in [6.45, 7) is 0.888. The third-order valence-electron chi connectivity index (χ3n) is 3.24. The molecule has 0 bridgehead atoms. The third-order valence-corrected chi connectivity index (χ3v) is 5.52. The molecule has 104 valence electrons. The Hall–Kier alpha value is -1.40. The Balaban J connectivity index is 2.45. The molecule has 0 unspecified atom stereocenters. The molecule has 1 saturated heterocycles. The molecule has 6 heteroatoms. The maximum Gasteiger partial charge on any atom is 0.185 e. The van der Waals surface area contributed by atoms with E-state index in [1.165, 1.54) is 25.3 Å². The molecule has 1 aromatic carbocycles. The summed E-state index contributed by atoms with van der Waals surface area (Å²) in [7, 11) is -2.09. The van der Waals surface area contributed by atoms with Gasteiger partial charge in [0.25, 0.3) is 0 Å². The highest BCUT2D eigenvalue weighted by Gasteiger charge is 2.31. The number of hydrogen-bond acceptors (Lipinski definition) is 5. The summed E-state index contributed by atoms with van der Waals surface area (Å²) in [5, 5.41) is -0.475. The van der Waals surface area contributed by atoms with E-state index in [1.807, 2.05) is 0 Å². The van der Waals surface area contributed by atoms with E-state index in [9.17, 15) is 13.2 Å². The van der Waals surface area contributed by atoms with Crippen LogP contribution >= 0.6 is 0 Å². The number of aldehydes is 1. The summed E-state index contributed by atoms with van der Waals surface area (Å²) in [6.07, 6.45) is 1.57. The largest absolute Gasteiger partial charge is 0.495 e. The van der Waals surface area contributed by atoms with Crippen molar-refractivity contribution in [2.75, 3.05) is 20.3 Å². The van der Waals surface area contributed by atoms with Crippen LogP contribution in [0, 0.1) is 0 Å². The zero-order valence-corrected chi connectivity index (χ0v) is 11.5. The van der Waals surface area contributed by atoms with Crippen molar-refractivity contribution in [3.05, 3.63) is 23.8 Å². The minimum Gasteiger partial charge on any atom is -0.495 e. The lowest BCUT2D eigenvalue weighted by molar-refractivity contribution is 0.0983. The molecule has 1 aromatic rings. The van der Waals surface area contributed by atoms with E-state index in [2.05, 4.69) is 0 Å². The van der Waals surface area contributed by atoms with Crippen molar-refractivity contribution in [3.8, 4) is 5.75 Å². The van der Waals surface area contributed by atoms with Crippen LogP contribution in [0.3, 0.4) is 0 Å². The summed E-state index contributed by atoms with van der Waals surface area (Å²) >= 11 is 0. The van der Waals surface area contributed by atoms with Gasteiger partial charge in [0, 0.05) is 18.8 Å². The fraction of sp³-hybridized carbons (Fsp3) is 0.462. The Kier molecular flexibility index (Phi) is 4.21. The number of benzene rings is 1. The Bertz CT molecular complexity index is 558. The first-order valence-corrected chi connectivity index (χ1v) is 7.59. The normalized spacial score (nSPS) is 17.1. The van der Waals surface area contributed by atoms with Gasteiger partial charge in [-0.2, -0.15) is 0 Å². The van der Waals surface area contributed by atoms with Crippen LogP contribution < -0.4 is 4.74 Å². The van der Waals surface area contributed by atoms with Crippen LogP contribution in [0.2, 0.25) is 0 Å². The van der Waals surface area contributed by atoms with Crippen molar-refractivity contribution in [1.29, 1.82) is 0 Å². The highest BCUT2D eigenvalue weighted by atomic mass is 32.2. The fourth-order valence-electron chi connectivity index (χ4n) is 2.15. The standard InChI is InChI=1S/C13H16O5S/c1-17-12-3-2-10(9-14)8-13(12)19(15,16)11-4-6-18-7-5-11/h2-3,8-9,11H,4-7H2,1H3. The van der Waals surface area contributed by atoms with Crippen LogP contribution in [0.15, 0.2) is 23.1 Å². The van der Waals surface area contributed by atoms with Gasteiger partial charge < -0.3 is 9.47 Å². The minimum atomic E-state index is -3.50. The third kappa shape index (κ3) is 2.79.